The van der Waals surface area contributed by atoms with E-state index in [-0.39, 0.29) is 29.8 Å². The lowest BCUT2D eigenvalue weighted by atomic mass is 10.0. The van der Waals surface area contributed by atoms with Crippen LogP contribution in [0.15, 0.2) is 53.5 Å². The number of nitrogens with one attached hydrogen (secondary N) is 2. The zero-order valence-corrected chi connectivity index (χ0v) is 18.6. The van der Waals surface area contributed by atoms with E-state index in [1.165, 1.54) is 28.8 Å². The molecule has 8 nitrogen and oxygen atoms in total. The maximum atomic E-state index is 13.3. The Morgan fingerprint density at radius 3 is 2.62 bits per heavy atom. The number of aromatic nitrogens is 3. The monoisotopic (exact) mass is 459 g/mol. The highest BCUT2D eigenvalue weighted by Gasteiger charge is 2.24. The van der Waals surface area contributed by atoms with Crippen LogP contribution in [0.3, 0.4) is 0 Å². The molecule has 0 saturated heterocycles. The Morgan fingerprint density at radius 1 is 1.24 bits per heavy atom. The van der Waals surface area contributed by atoms with Crippen LogP contribution in [0.2, 0.25) is 0 Å². The molecule has 2 heterocycles. The number of halogens is 1. The predicted octanol–water partition coefficient (Wildman–Crippen LogP) is 3.17. The third kappa shape index (κ3) is 4.31. The van der Waals surface area contributed by atoms with Crippen LogP contribution in [-0.4, -0.2) is 32.2 Å². The fourth-order valence-corrected chi connectivity index (χ4v) is 3.77. The van der Waals surface area contributed by atoms with Crippen molar-refractivity contribution in [3.05, 3.63) is 92.8 Å². The van der Waals surface area contributed by atoms with Gasteiger partial charge in [0.05, 0.1) is 17.9 Å². The number of nitrogens with zero attached hydrogens (tertiary/aromatic N) is 3. The summed E-state index contributed by atoms with van der Waals surface area (Å²) in [5, 5.41) is 26.1. The number of rotatable bonds is 6. The van der Waals surface area contributed by atoms with Gasteiger partial charge < -0.3 is 15.4 Å². The first-order chi connectivity index (χ1) is 16.3. The molecule has 0 unspecified atom stereocenters. The largest absolute Gasteiger partial charge is 0.396 e. The van der Waals surface area contributed by atoms with E-state index in [1.807, 2.05) is 38.1 Å². The Labute approximate surface area is 194 Å². The number of H-pyrrole nitrogens is 1. The lowest BCUT2D eigenvalue weighted by Crippen LogP contribution is -2.30. The number of carbonyl (C=O) groups is 1. The summed E-state index contributed by atoms with van der Waals surface area (Å²) < 4.78 is 14.5. The topological polar surface area (TPSA) is 123 Å². The fraction of sp³-hybridized carbons (Fsp3) is 0.200. The van der Waals surface area contributed by atoms with E-state index in [2.05, 4.69) is 15.4 Å². The summed E-state index contributed by atoms with van der Waals surface area (Å²) in [6.45, 7) is 3.72. The van der Waals surface area contributed by atoms with Crippen molar-refractivity contribution in [1.82, 2.24) is 19.9 Å². The SMILES string of the molecule is Cc1ccc(-c2cn3nc(C(=O)N[C@H](CCO)c4ccc(F)cc4)c(C#N)c3c(=O)[nH]2)cc1C. The minimum Gasteiger partial charge on any atom is -0.396 e. The number of aryl methyl sites for hydroxylation is 2. The number of hydrogen-bond donors (Lipinski definition) is 3. The van der Waals surface area contributed by atoms with Crippen LogP contribution in [0.5, 0.6) is 0 Å². The lowest BCUT2D eigenvalue weighted by molar-refractivity contribution is 0.0924. The summed E-state index contributed by atoms with van der Waals surface area (Å²) in [6.07, 6.45) is 1.73. The molecule has 0 radical (unpaired) electrons. The molecule has 0 saturated carbocycles. The second-order valence-electron chi connectivity index (χ2n) is 8.01. The summed E-state index contributed by atoms with van der Waals surface area (Å²) in [7, 11) is 0. The standard InChI is InChI=1S/C25H22FN5O3/c1-14-3-4-17(11-15(14)2)21-13-31-23(25(34)29-21)19(12-27)22(30-31)24(33)28-20(9-10-32)16-5-7-18(26)8-6-16/h3-8,11,13,20,32H,9-10H2,1-2H3,(H,28,33)(H,29,34)/t20-/m1/s1. The molecular formula is C25H22FN5O3. The zero-order chi connectivity index (χ0) is 24.4. The summed E-state index contributed by atoms with van der Waals surface area (Å²) >= 11 is 0. The molecule has 1 atom stereocenters. The molecule has 4 rings (SSSR count). The number of carbonyl (C=O) groups excluding carboxylic acids is 1. The number of amides is 1. The van der Waals surface area contributed by atoms with E-state index in [9.17, 15) is 24.3 Å². The maximum absolute atomic E-state index is 13.3. The van der Waals surface area contributed by atoms with Crippen molar-refractivity contribution < 1.29 is 14.3 Å². The Balaban J connectivity index is 1.74. The molecule has 9 heteroatoms. The third-order valence-corrected chi connectivity index (χ3v) is 5.77. The molecule has 3 N–H and O–H groups in total. The smallest absolute Gasteiger partial charge is 0.275 e. The molecule has 0 aliphatic heterocycles. The quantitative estimate of drug-likeness (QED) is 0.409. The number of aliphatic hydroxyl groups excluding tert-OH is 1. The second kappa shape index (κ2) is 9.29. The number of aromatic amines is 1. The number of fused-ring (bicyclic) bond motifs is 1. The first-order valence-electron chi connectivity index (χ1n) is 10.6. The van der Waals surface area contributed by atoms with Crippen molar-refractivity contribution in [3.63, 3.8) is 0 Å². The van der Waals surface area contributed by atoms with Crippen LogP contribution < -0.4 is 10.9 Å². The van der Waals surface area contributed by atoms with Gasteiger partial charge in [0, 0.05) is 6.61 Å². The van der Waals surface area contributed by atoms with Crippen molar-refractivity contribution in [2.45, 2.75) is 26.3 Å². The van der Waals surface area contributed by atoms with Gasteiger partial charge in [0.25, 0.3) is 11.5 Å². The van der Waals surface area contributed by atoms with Gasteiger partial charge in [0.15, 0.2) is 5.69 Å². The number of nitriles is 1. The molecule has 1 amide bonds. The van der Waals surface area contributed by atoms with E-state index in [1.54, 1.807) is 6.20 Å². The van der Waals surface area contributed by atoms with Gasteiger partial charge in [-0.2, -0.15) is 10.4 Å². The van der Waals surface area contributed by atoms with Gasteiger partial charge in [-0.15, -0.1) is 0 Å². The Morgan fingerprint density at radius 2 is 1.97 bits per heavy atom. The summed E-state index contributed by atoms with van der Waals surface area (Å²) in [5.41, 5.74) is 3.03. The first kappa shape index (κ1) is 22.9. The van der Waals surface area contributed by atoms with Gasteiger partial charge in [-0.1, -0.05) is 24.3 Å². The lowest BCUT2D eigenvalue weighted by Gasteiger charge is -2.17. The van der Waals surface area contributed by atoms with Crippen LogP contribution in [0.25, 0.3) is 16.8 Å². The van der Waals surface area contributed by atoms with Crippen molar-refractivity contribution in [2.24, 2.45) is 0 Å². The average molecular weight is 459 g/mol. The van der Waals surface area contributed by atoms with E-state index in [4.69, 9.17) is 0 Å². The van der Waals surface area contributed by atoms with E-state index in [0.717, 1.165) is 16.7 Å². The minimum atomic E-state index is -0.685. The van der Waals surface area contributed by atoms with E-state index < -0.39 is 23.3 Å². The van der Waals surface area contributed by atoms with Crippen LogP contribution in [0.1, 0.15) is 45.2 Å². The predicted molar refractivity (Wildman–Crippen MR) is 124 cm³/mol. The van der Waals surface area contributed by atoms with Gasteiger partial charge in [-0.05, 0) is 60.7 Å². The number of hydrogen-bond acceptors (Lipinski definition) is 5. The van der Waals surface area contributed by atoms with Crippen molar-refractivity contribution >= 4 is 11.4 Å². The summed E-state index contributed by atoms with van der Waals surface area (Å²) in [5.74, 6) is -1.11. The van der Waals surface area contributed by atoms with Crippen LogP contribution >= 0.6 is 0 Å². The van der Waals surface area contributed by atoms with Crippen LogP contribution in [0.4, 0.5) is 4.39 Å². The van der Waals surface area contributed by atoms with Gasteiger partial charge in [-0.25, -0.2) is 8.91 Å². The van der Waals surface area contributed by atoms with E-state index in [0.29, 0.717) is 11.3 Å². The first-order valence-corrected chi connectivity index (χ1v) is 10.6. The van der Waals surface area contributed by atoms with Gasteiger partial charge in [0.1, 0.15) is 23.0 Å². The Hall–Kier alpha value is -4.29. The number of aliphatic hydroxyl groups is 1. The van der Waals surface area contributed by atoms with Gasteiger partial charge in [-0.3, -0.25) is 9.59 Å². The van der Waals surface area contributed by atoms with Crippen LogP contribution in [0, 0.1) is 31.0 Å². The summed E-state index contributed by atoms with van der Waals surface area (Å²) in [6, 6.07) is 12.5. The highest BCUT2D eigenvalue weighted by Crippen LogP contribution is 2.22. The van der Waals surface area contributed by atoms with E-state index >= 15 is 0 Å². The molecule has 34 heavy (non-hydrogen) atoms. The highest BCUT2D eigenvalue weighted by molar-refractivity contribution is 5.97. The normalized spacial score (nSPS) is 11.9. The maximum Gasteiger partial charge on any atom is 0.275 e. The Bertz CT molecular complexity index is 1480. The third-order valence-electron chi connectivity index (χ3n) is 5.77. The summed E-state index contributed by atoms with van der Waals surface area (Å²) in [4.78, 5) is 28.7. The minimum absolute atomic E-state index is 0.0410. The fourth-order valence-electron chi connectivity index (χ4n) is 3.77. The zero-order valence-electron chi connectivity index (χ0n) is 18.6. The molecule has 172 valence electrons. The van der Waals surface area contributed by atoms with Crippen molar-refractivity contribution in [3.8, 4) is 17.3 Å². The molecule has 2 aromatic heterocycles. The van der Waals surface area contributed by atoms with Crippen molar-refractivity contribution in [2.75, 3.05) is 6.61 Å². The second-order valence-corrected chi connectivity index (χ2v) is 8.01. The van der Waals surface area contributed by atoms with Crippen molar-refractivity contribution in [1.29, 1.82) is 5.26 Å². The molecule has 4 aromatic rings. The van der Waals surface area contributed by atoms with Gasteiger partial charge in [0.2, 0.25) is 0 Å². The van der Waals surface area contributed by atoms with Crippen LogP contribution in [-0.2, 0) is 0 Å². The molecule has 2 aromatic carbocycles. The molecular weight excluding hydrogens is 437 g/mol. The van der Waals surface area contributed by atoms with Gasteiger partial charge >= 0.3 is 0 Å². The molecule has 0 aliphatic rings. The molecule has 0 fully saturated rings. The number of benzene rings is 2. The molecule has 0 bridgehead atoms. The highest BCUT2D eigenvalue weighted by atomic mass is 19.1. The molecule has 0 aliphatic carbocycles. The average Bonchev–Trinajstić information content (AvgIpc) is 3.20. The molecule has 0 spiro atoms. The Kier molecular flexibility index (Phi) is 6.25.